The molecule has 0 heterocycles. The molecular formula is C36H38ClN3O4S. The zero-order chi connectivity index (χ0) is 31.8. The highest BCUT2D eigenvalue weighted by Gasteiger charge is 2.35. The largest absolute Gasteiger partial charge is 0.352 e. The van der Waals surface area contributed by atoms with Crippen molar-refractivity contribution in [1.29, 1.82) is 0 Å². The van der Waals surface area contributed by atoms with E-state index in [9.17, 15) is 18.0 Å². The highest BCUT2D eigenvalue weighted by atomic mass is 35.5. The van der Waals surface area contributed by atoms with E-state index in [4.69, 9.17) is 11.6 Å². The first-order valence-electron chi connectivity index (χ1n) is 15.2. The van der Waals surface area contributed by atoms with Crippen LogP contribution in [0.25, 0.3) is 0 Å². The third-order valence-electron chi connectivity index (χ3n) is 8.17. The Balaban J connectivity index is 1.57. The monoisotopic (exact) mass is 643 g/mol. The number of amides is 2. The molecule has 1 atom stereocenters. The van der Waals surface area contributed by atoms with Crippen LogP contribution in [0, 0.1) is 6.92 Å². The van der Waals surface area contributed by atoms with Crippen molar-refractivity contribution in [3.05, 3.63) is 131 Å². The van der Waals surface area contributed by atoms with E-state index in [-0.39, 0.29) is 29.8 Å². The average molecular weight is 644 g/mol. The SMILES string of the molecule is Cc1cccc(N(CC(=O)N(Cc2ccccc2Cl)[C@@H](Cc2ccccc2)C(=O)NC2CCCC2)S(=O)(=O)c2ccccc2)c1. The maximum atomic E-state index is 14.6. The minimum Gasteiger partial charge on any atom is -0.352 e. The second kappa shape index (κ2) is 14.8. The molecule has 45 heavy (non-hydrogen) atoms. The first kappa shape index (κ1) is 32.3. The molecule has 9 heteroatoms. The van der Waals surface area contributed by atoms with E-state index >= 15 is 0 Å². The van der Waals surface area contributed by atoms with Crippen LogP contribution < -0.4 is 9.62 Å². The second-order valence-corrected chi connectivity index (χ2v) is 13.7. The fourth-order valence-corrected chi connectivity index (χ4v) is 7.39. The van der Waals surface area contributed by atoms with E-state index in [0.29, 0.717) is 16.3 Å². The molecule has 2 amide bonds. The van der Waals surface area contributed by atoms with Crippen molar-refractivity contribution in [2.45, 2.75) is 62.6 Å². The van der Waals surface area contributed by atoms with Gasteiger partial charge in [0, 0.05) is 24.0 Å². The first-order valence-corrected chi connectivity index (χ1v) is 17.1. The van der Waals surface area contributed by atoms with Gasteiger partial charge in [0.25, 0.3) is 10.0 Å². The number of sulfonamides is 1. The third-order valence-corrected chi connectivity index (χ3v) is 10.3. The van der Waals surface area contributed by atoms with Crippen LogP contribution in [-0.4, -0.2) is 43.8 Å². The van der Waals surface area contributed by atoms with E-state index in [1.807, 2.05) is 55.5 Å². The van der Waals surface area contributed by atoms with E-state index in [0.717, 1.165) is 41.1 Å². The Morgan fingerprint density at radius 2 is 1.51 bits per heavy atom. The van der Waals surface area contributed by atoms with Gasteiger partial charge in [-0.25, -0.2) is 8.42 Å². The van der Waals surface area contributed by atoms with E-state index in [2.05, 4.69) is 5.32 Å². The molecule has 234 valence electrons. The average Bonchev–Trinajstić information content (AvgIpc) is 3.56. The number of nitrogens with zero attached hydrogens (tertiary/aromatic N) is 2. The molecule has 4 aromatic rings. The standard InChI is InChI=1S/C36H38ClN3O4S/c1-27-13-12-19-31(23-27)40(45(43,44)32-20-6-3-7-21-32)26-35(41)39(25-29-16-8-11-22-33(29)37)34(24-28-14-4-2-5-15-28)36(42)38-30-17-9-10-18-30/h2-8,11-16,19-23,30,34H,9-10,17-18,24-26H2,1H3,(H,38,42)/t34-/m0/s1. The minimum atomic E-state index is -4.14. The Morgan fingerprint density at radius 1 is 0.867 bits per heavy atom. The van der Waals surface area contributed by atoms with Gasteiger partial charge in [-0.2, -0.15) is 0 Å². The van der Waals surface area contributed by atoms with Crippen LogP contribution in [-0.2, 0) is 32.6 Å². The summed E-state index contributed by atoms with van der Waals surface area (Å²) < 4.78 is 29.3. The quantitative estimate of drug-likeness (QED) is 0.190. The maximum absolute atomic E-state index is 14.6. The van der Waals surface area contributed by atoms with Crippen molar-refractivity contribution in [3.63, 3.8) is 0 Å². The summed E-state index contributed by atoms with van der Waals surface area (Å²) in [5, 5.41) is 3.64. The third kappa shape index (κ3) is 8.12. The normalized spacial score (nSPS) is 14.1. The number of aryl methyl sites for hydroxylation is 1. The lowest BCUT2D eigenvalue weighted by atomic mass is 10.0. The van der Waals surface area contributed by atoms with Crippen molar-refractivity contribution in [2.24, 2.45) is 0 Å². The van der Waals surface area contributed by atoms with Gasteiger partial charge >= 0.3 is 0 Å². The summed E-state index contributed by atoms with van der Waals surface area (Å²) in [7, 11) is -4.14. The molecule has 1 fully saturated rings. The van der Waals surface area contributed by atoms with Crippen molar-refractivity contribution in [1.82, 2.24) is 10.2 Å². The number of anilines is 1. The van der Waals surface area contributed by atoms with Gasteiger partial charge in [-0.1, -0.05) is 103 Å². The van der Waals surface area contributed by atoms with Gasteiger partial charge in [-0.15, -0.1) is 0 Å². The molecular weight excluding hydrogens is 606 g/mol. The topological polar surface area (TPSA) is 86.8 Å². The number of benzene rings is 4. The summed E-state index contributed by atoms with van der Waals surface area (Å²) in [5.74, 6) is -0.780. The Bertz CT molecular complexity index is 1710. The maximum Gasteiger partial charge on any atom is 0.264 e. The summed E-state index contributed by atoms with van der Waals surface area (Å²) in [6.07, 6.45) is 4.11. The molecule has 1 N–H and O–H groups in total. The molecule has 0 aromatic heterocycles. The number of halogens is 1. The van der Waals surface area contributed by atoms with Gasteiger partial charge in [-0.3, -0.25) is 13.9 Å². The fraction of sp³-hybridized carbons (Fsp3) is 0.278. The predicted octanol–water partition coefficient (Wildman–Crippen LogP) is 6.54. The molecule has 0 spiro atoms. The molecule has 0 bridgehead atoms. The van der Waals surface area contributed by atoms with Crippen molar-refractivity contribution >= 4 is 39.1 Å². The molecule has 0 unspecified atom stereocenters. The van der Waals surface area contributed by atoms with E-state index in [1.54, 1.807) is 48.5 Å². The summed E-state index contributed by atoms with van der Waals surface area (Å²) in [4.78, 5) is 30.2. The van der Waals surface area contributed by atoms with Crippen molar-refractivity contribution < 1.29 is 18.0 Å². The Kier molecular flexibility index (Phi) is 10.6. The number of hydrogen-bond acceptors (Lipinski definition) is 4. The van der Waals surface area contributed by atoms with Crippen LogP contribution in [0.3, 0.4) is 0 Å². The molecule has 1 aliphatic carbocycles. The lowest BCUT2D eigenvalue weighted by Gasteiger charge is -2.34. The molecule has 1 aliphatic rings. The van der Waals surface area contributed by atoms with Crippen molar-refractivity contribution in [2.75, 3.05) is 10.8 Å². The number of carbonyl (C=O) groups excluding carboxylic acids is 2. The highest BCUT2D eigenvalue weighted by molar-refractivity contribution is 7.92. The van der Waals surface area contributed by atoms with Gasteiger partial charge in [0.1, 0.15) is 12.6 Å². The minimum absolute atomic E-state index is 0.0289. The van der Waals surface area contributed by atoms with Gasteiger partial charge in [-0.05, 0) is 66.8 Å². The zero-order valence-corrected chi connectivity index (χ0v) is 26.9. The number of carbonyl (C=O) groups is 2. The van der Waals surface area contributed by atoms with Gasteiger partial charge < -0.3 is 10.2 Å². The second-order valence-electron chi connectivity index (χ2n) is 11.5. The molecule has 4 aromatic carbocycles. The summed E-state index contributed by atoms with van der Waals surface area (Å²) in [6, 6.07) is 31.0. The Morgan fingerprint density at radius 3 is 2.18 bits per heavy atom. The summed E-state index contributed by atoms with van der Waals surface area (Å²) >= 11 is 6.58. The molecule has 1 saturated carbocycles. The van der Waals surface area contributed by atoms with Gasteiger partial charge in [0.05, 0.1) is 10.6 Å². The van der Waals surface area contributed by atoms with Gasteiger partial charge in [0.2, 0.25) is 11.8 Å². The fourth-order valence-electron chi connectivity index (χ4n) is 5.76. The molecule has 5 rings (SSSR count). The summed E-state index contributed by atoms with van der Waals surface area (Å²) in [5.41, 5.74) is 2.75. The number of rotatable bonds is 12. The smallest absolute Gasteiger partial charge is 0.264 e. The predicted molar refractivity (Wildman–Crippen MR) is 178 cm³/mol. The van der Waals surface area contributed by atoms with Crippen LogP contribution >= 0.6 is 11.6 Å². The van der Waals surface area contributed by atoms with E-state index < -0.39 is 28.5 Å². The lowest BCUT2D eigenvalue weighted by Crippen LogP contribution is -2.54. The van der Waals surface area contributed by atoms with Crippen LogP contribution in [0.5, 0.6) is 0 Å². The Hall–Kier alpha value is -4.14. The number of nitrogens with one attached hydrogen (secondary N) is 1. The van der Waals surface area contributed by atoms with Crippen LogP contribution in [0.1, 0.15) is 42.4 Å². The summed E-state index contributed by atoms with van der Waals surface area (Å²) in [6.45, 7) is 1.39. The first-order chi connectivity index (χ1) is 21.7. The molecule has 0 saturated heterocycles. The zero-order valence-electron chi connectivity index (χ0n) is 25.3. The Labute approximate surface area is 270 Å². The molecule has 0 aliphatic heterocycles. The van der Waals surface area contributed by atoms with Crippen molar-refractivity contribution in [3.8, 4) is 0 Å². The molecule has 7 nitrogen and oxygen atoms in total. The molecule has 0 radical (unpaired) electrons. The van der Waals surface area contributed by atoms with E-state index in [1.165, 1.54) is 17.0 Å². The number of hydrogen-bond donors (Lipinski definition) is 1. The lowest BCUT2D eigenvalue weighted by molar-refractivity contribution is -0.140. The van der Waals surface area contributed by atoms with Crippen LogP contribution in [0.2, 0.25) is 5.02 Å². The van der Waals surface area contributed by atoms with Gasteiger partial charge in [0.15, 0.2) is 0 Å². The highest BCUT2D eigenvalue weighted by Crippen LogP contribution is 2.27. The van der Waals surface area contributed by atoms with Crippen LogP contribution in [0.15, 0.2) is 114 Å². The van der Waals surface area contributed by atoms with Crippen LogP contribution in [0.4, 0.5) is 5.69 Å².